The minimum atomic E-state index is -0.993. The van der Waals surface area contributed by atoms with E-state index in [1.165, 1.54) is 11.6 Å². The van der Waals surface area contributed by atoms with Gasteiger partial charge in [0.25, 0.3) is 6.01 Å². The van der Waals surface area contributed by atoms with Crippen LogP contribution >= 0.6 is 11.6 Å². The number of hydrogen-bond donors (Lipinski definition) is 2. The van der Waals surface area contributed by atoms with Gasteiger partial charge in [-0.15, -0.1) is 0 Å². The van der Waals surface area contributed by atoms with E-state index in [9.17, 15) is 9.90 Å². The lowest BCUT2D eigenvalue weighted by Gasteiger charge is -2.05. The quantitative estimate of drug-likeness (QED) is 0.424. The van der Waals surface area contributed by atoms with Gasteiger partial charge >= 0.3 is 5.97 Å². The van der Waals surface area contributed by atoms with Crippen molar-refractivity contribution in [1.29, 1.82) is 0 Å². The van der Waals surface area contributed by atoms with E-state index in [1.54, 1.807) is 19.1 Å². The Bertz CT molecular complexity index is 1190. The normalized spacial score (nSPS) is 11.0. The standard InChI is InChI=1S/C23H19ClN2O3/c1-14-7-10-17(12-18(14)22(27)28)29-23-25-20-11-16(19(24)13-21(20)26-23)9-8-15-5-3-2-4-6-15/h2-7,10-13H,8-9H2,1H3,(H,25,26)(H,27,28). The Hall–Kier alpha value is -3.31. The van der Waals surface area contributed by atoms with E-state index in [4.69, 9.17) is 16.3 Å². The Morgan fingerprint density at radius 1 is 1.10 bits per heavy atom. The lowest BCUT2D eigenvalue weighted by atomic mass is 10.0. The molecule has 0 spiro atoms. The molecule has 0 amide bonds. The highest BCUT2D eigenvalue weighted by atomic mass is 35.5. The third-order valence-electron chi connectivity index (χ3n) is 4.81. The molecule has 4 rings (SSSR count). The number of aryl methyl sites for hydroxylation is 3. The van der Waals surface area contributed by atoms with Gasteiger partial charge in [0.05, 0.1) is 16.6 Å². The van der Waals surface area contributed by atoms with Crippen LogP contribution in [0.3, 0.4) is 0 Å². The second-order valence-corrected chi connectivity index (χ2v) is 7.28. The highest BCUT2D eigenvalue weighted by molar-refractivity contribution is 6.32. The molecule has 0 aliphatic carbocycles. The van der Waals surface area contributed by atoms with Crippen LogP contribution in [-0.2, 0) is 12.8 Å². The van der Waals surface area contributed by atoms with Crippen molar-refractivity contribution in [1.82, 2.24) is 9.97 Å². The Kier molecular flexibility index (Phi) is 5.23. The van der Waals surface area contributed by atoms with E-state index in [-0.39, 0.29) is 11.6 Å². The van der Waals surface area contributed by atoms with Crippen molar-refractivity contribution >= 4 is 28.6 Å². The van der Waals surface area contributed by atoms with Crippen molar-refractivity contribution in [2.24, 2.45) is 0 Å². The van der Waals surface area contributed by atoms with Gasteiger partial charge in [-0.2, -0.15) is 4.98 Å². The zero-order valence-electron chi connectivity index (χ0n) is 15.8. The summed E-state index contributed by atoms with van der Waals surface area (Å²) >= 11 is 6.45. The number of fused-ring (bicyclic) bond motifs is 1. The lowest BCUT2D eigenvalue weighted by molar-refractivity contribution is 0.0695. The molecule has 2 N–H and O–H groups in total. The summed E-state index contributed by atoms with van der Waals surface area (Å²) in [6, 6.07) is 19.3. The molecule has 0 saturated heterocycles. The summed E-state index contributed by atoms with van der Waals surface area (Å²) in [6.45, 7) is 1.74. The summed E-state index contributed by atoms with van der Waals surface area (Å²) in [5, 5.41) is 9.93. The van der Waals surface area contributed by atoms with Crippen LogP contribution in [0.15, 0.2) is 60.7 Å². The Labute approximate surface area is 172 Å². The number of rotatable bonds is 6. The topological polar surface area (TPSA) is 75.2 Å². The number of benzene rings is 3. The van der Waals surface area contributed by atoms with Gasteiger partial charge in [-0.1, -0.05) is 48.0 Å². The number of aromatic nitrogens is 2. The number of halogens is 1. The number of carbonyl (C=O) groups is 1. The molecule has 0 bridgehead atoms. The first-order valence-corrected chi connectivity index (χ1v) is 9.61. The number of aromatic amines is 1. The minimum Gasteiger partial charge on any atom is -0.478 e. The van der Waals surface area contributed by atoms with Gasteiger partial charge in [0.15, 0.2) is 0 Å². The predicted octanol–water partition coefficient (Wildman–Crippen LogP) is 5.80. The van der Waals surface area contributed by atoms with E-state index in [1.807, 2.05) is 30.3 Å². The average molecular weight is 407 g/mol. The number of nitrogens with zero attached hydrogens (tertiary/aromatic N) is 1. The van der Waals surface area contributed by atoms with Crippen LogP contribution in [0, 0.1) is 6.92 Å². The molecule has 0 fully saturated rings. The molecule has 1 heterocycles. The summed E-state index contributed by atoms with van der Waals surface area (Å²) in [6.07, 6.45) is 1.71. The van der Waals surface area contributed by atoms with E-state index in [0.29, 0.717) is 21.9 Å². The van der Waals surface area contributed by atoms with Gasteiger partial charge in [-0.3, -0.25) is 0 Å². The molecule has 5 nitrogen and oxygen atoms in total. The first kappa shape index (κ1) is 19.0. The van der Waals surface area contributed by atoms with E-state index < -0.39 is 5.97 Å². The van der Waals surface area contributed by atoms with E-state index in [2.05, 4.69) is 22.1 Å². The van der Waals surface area contributed by atoms with E-state index >= 15 is 0 Å². The van der Waals surface area contributed by atoms with Crippen LogP contribution in [0.2, 0.25) is 5.02 Å². The number of ether oxygens (including phenoxy) is 1. The van der Waals surface area contributed by atoms with Gasteiger partial charge in [-0.05, 0) is 60.7 Å². The predicted molar refractivity (Wildman–Crippen MR) is 113 cm³/mol. The summed E-state index contributed by atoms with van der Waals surface area (Å²) in [7, 11) is 0. The molecule has 146 valence electrons. The third kappa shape index (κ3) is 4.25. The highest BCUT2D eigenvalue weighted by Crippen LogP contribution is 2.28. The monoisotopic (exact) mass is 406 g/mol. The van der Waals surface area contributed by atoms with Crippen LogP contribution in [0.25, 0.3) is 11.0 Å². The van der Waals surface area contributed by atoms with Crippen LogP contribution in [0.5, 0.6) is 11.8 Å². The Morgan fingerprint density at radius 3 is 2.66 bits per heavy atom. The summed E-state index contributed by atoms with van der Waals surface area (Å²) in [4.78, 5) is 18.9. The van der Waals surface area contributed by atoms with Crippen molar-refractivity contribution < 1.29 is 14.6 Å². The zero-order chi connectivity index (χ0) is 20.4. The van der Waals surface area contributed by atoms with Crippen molar-refractivity contribution in [2.45, 2.75) is 19.8 Å². The van der Waals surface area contributed by atoms with Crippen LogP contribution in [0.1, 0.15) is 27.0 Å². The van der Waals surface area contributed by atoms with Gasteiger partial charge in [-0.25, -0.2) is 4.79 Å². The first-order chi connectivity index (χ1) is 14.0. The smallest absolute Gasteiger partial charge is 0.336 e. The summed E-state index contributed by atoms with van der Waals surface area (Å²) < 4.78 is 5.75. The van der Waals surface area contributed by atoms with Gasteiger partial charge in [0.2, 0.25) is 0 Å². The number of imidazole rings is 1. The maximum atomic E-state index is 11.3. The van der Waals surface area contributed by atoms with Crippen LogP contribution < -0.4 is 4.74 Å². The first-order valence-electron chi connectivity index (χ1n) is 9.23. The number of nitrogens with one attached hydrogen (secondary N) is 1. The van der Waals surface area contributed by atoms with Crippen LogP contribution in [-0.4, -0.2) is 21.0 Å². The third-order valence-corrected chi connectivity index (χ3v) is 5.16. The van der Waals surface area contributed by atoms with Crippen molar-refractivity contribution in [3.05, 3.63) is 87.9 Å². The van der Waals surface area contributed by atoms with Crippen molar-refractivity contribution in [2.75, 3.05) is 0 Å². The molecule has 0 saturated carbocycles. The molecular formula is C23H19ClN2O3. The van der Waals surface area contributed by atoms with Gasteiger partial charge < -0.3 is 14.8 Å². The minimum absolute atomic E-state index is 0.199. The molecule has 0 aliphatic rings. The molecule has 0 unspecified atom stereocenters. The molecule has 6 heteroatoms. The molecule has 29 heavy (non-hydrogen) atoms. The van der Waals surface area contributed by atoms with Crippen LogP contribution in [0.4, 0.5) is 0 Å². The number of carboxylic acid groups (broad SMARTS) is 1. The molecule has 4 aromatic rings. The SMILES string of the molecule is Cc1ccc(Oc2nc3cc(Cl)c(CCc4ccccc4)cc3[nH]2)cc1C(=O)O. The van der Waals surface area contributed by atoms with Gasteiger partial charge in [0, 0.05) is 5.02 Å². The molecule has 3 aromatic carbocycles. The largest absolute Gasteiger partial charge is 0.478 e. The molecular weight excluding hydrogens is 388 g/mol. The average Bonchev–Trinajstić information content (AvgIpc) is 3.09. The highest BCUT2D eigenvalue weighted by Gasteiger charge is 2.12. The van der Waals surface area contributed by atoms with Crippen molar-refractivity contribution in [3.63, 3.8) is 0 Å². The Balaban J connectivity index is 1.56. The Morgan fingerprint density at radius 2 is 1.90 bits per heavy atom. The fraction of sp³-hybridized carbons (Fsp3) is 0.130. The lowest BCUT2D eigenvalue weighted by Crippen LogP contribution is -2.00. The fourth-order valence-electron chi connectivity index (χ4n) is 3.22. The second-order valence-electron chi connectivity index (χ2n) is 6.87. The number of carboxylic acids is 1. The summed E-state index contributed by atoms with van der Waals surface area (Å²) in [5.74, 6) is -0.588. The summed E-state index contributed by atoms with van der Waals surface area (Å²) in [5.41, 5.74) is 4.67. The maximum Gasteiger partial charge on any atom is 0.336 e. The molecule has 0 atom stereocenters. The second kappa shape index (κ2) is 7.97. The fourth-order valence-corrected chi connectivity index (χ4v) is 3.48. The van der Waals surface area contributed by atoms with Crippen molar-refractivity contribution in [3.8, 4) is 11.8 Å². The molecule has 0 radical (unpaired) electrons. The zero-order valence-corrected chi connectivity index (χ0v) is 16.5. The van der Waals surface area contributed by atoms with Gasteiger partial charge in [0.1, 0.15) is 5.75 Å². The number of H-pyrrole nitrogens is 1. The van der Waals surface area contributed by atoms with E-state index in [0.717, 1.165) is 23.9 Å². The molecule has 1 aromatic heterocycles. The number of hydrogen-bond acceptors (Lipinski definition) is 3. The molecule has 0 aliphatic heterocycles. The maximum absolute atomic E-state index is 11.3. The number of aromatic carboxylic acids is 1.